The Morgan fingerprint density at radius 3 is 1.14 bits per heavy atom. The number of hydrogen-bond donors (Lipinski definition) is 20. The molecule has 6 aliphatic heterocycles. The second-order valence-corrected chi connectivity index (χ2v) is 17.6. The Balaban J connectivity index is 1.15. The van der Waals surface area contributed by atoms with Crippen LogP contribution >= 0.6 is 0 Å². The van der Waals surface area contributed by atoms with Gasteiger partial charge in [-0.3, -0.25) is 4.79 Å². The van der Waals surface area contributed by atoms with Gasteiger partial charge in [0.25, 0.3) is 0 Å². The molecule has 30 atom stereocenters. The van der Waals surface area contributed by atoms with Crippen LogP contribution in [0.3, 0.4) is 0 Å². The summed E-state index contributed by atoms with van der Waals surface area (Å²) < 4.78 is 61.0. The van der Waals surface area contributed by atoms with Crippen LogP contribution in [-0.2, 0) is 56.9 Å². The van der Waals surface area contributed by atoms with Crippen LogP contribution in [0.25, 0.3) is 0 Å². The van der Waals surface area contributed by atoms with Crippen molar-refractivity contribution in [3.05, 3.63) is 0 Å². The van der Waals surface area contributed by atoms with E-state index in [2.05, 4.69) is 5.32 Å². The predicted molar refractivity (Wildman–Crippen MR) is 211 cm³/mol. The second kappa shape index (κ2) is 24.7. The van der Waals surface area contributed by atoms with Crippen molar-refractivity contribution < 1.29 is 154 Å². The maximum Gasteiger partial charge on any atom is 0.217 e. The first-order valence-corrected chi connectivity index (χ1v) is 22.1. The Morgan fingerprint density at radius 1 is 0.371 bits per heavy atom. The zero-order chi connectivity index (χ0) is 51.6. The van der Waals surface area contributed by atoms with Crippen molar-refractivity contribution in [3.63, 3.8) is 0 Å². The predicted octanol–water partition coefficient (Wildman–Crippen LogP) is -14.0. The molecule has 20 N–H and O–H groups in total. The lowest BCUT2D eigenvalue weighted by molar-refractivity contribution is -0.371. The number of carbonyl (C=O) groups excluding carboxylic acids is 1. The topological polar surface area (TPSA) is 515 Å². The van der Waals surface area contributed by atoms with Crippen LogP contribution in [0.15, 0.2) is 0 Å². The van der Waals surface area contributed by atoms with Gasteiger partial charge < -0.3 is 154 Å². The summed E-state index contributed by atoms with van der Waals surface area (Å²) in [6.45, 7) is -4.03. The smallest absolute Gasteiger partial charge is 0.217 e. The molecule has 0 aliphatic carbocycles. The molecule has 32 heteroatoms. The largest absolute Gasteiger partial charge is 0.394 e. The molecule has 0 aromatic rings. The molecule has 1 unspecified atom stereocenters. The van der Waals surface area contributed by atoms with Crippen molar-refractivity contribution in [2.75, 3.05) is 39.6 Å². The molecule has 0 aromatic carbocycles. The van der Waals surface area contributed by atoms with Gasteiger partial charge in [0.1, 0.15) is 146 Å². The van der Waals surface area contributed by atoms with Crippen LogP contribution in [-0.4, -0.2) is 327 Å². The monoisotopic (exact) mass is 1030 g/mol. The summed E-state index contributed by atoms with van der Waals surface area (Å²) in [6, 6.07) is -1.48. The van der Waals surface area contributed by atoms with Crippen LogP contribution in [0.4, 0.5) is 0 Å². The summed E-state index contributed by atoms with van der Waals surface area (Å²) in [5, 5.41) is 202. The fourth-order valence-electron chi connectivity index (χ4n) is 8.60. The van der Waals surface area contributed by atoms with Crippen molar-refractivity contribution >= 4 is 5.91 Å². The zero-order valence-electron chi connectivity index (χ0n) is 37.0. The molecule has 6 fully saturated rings. The number of aliphatic hydroxyl groups excluding tert-OH is 19. The third-order valence-electron chi connectivity index (χ3n) is 12.8. The van der Waals surface area contributed by atoms with E-state index >= 15 is 0 Å². The third-order valence-corrected chi connectivity index (χ3v) is 12.8. The molecule has 70 heavy (non-hydrogen) atoms. The van der Waals surface area contributed by atoms with E-state index in [0.29, 0.717) is 0 Å². The number of nitrogens with one attached hydrogen (secondary N) is 1. The number of carbonyl (C=O) groups is 1. The molecule has 6 aliphatic rings. The van der Waals surface area contributed by atoms with E-state index in [4.69, 9.17) is 52.1 Å². The van der Waals surface area contributed by atoms with Gasteiger partial charge in [-0.2, -0.15) is 0 Å². The first-order valence-electron chi connectivity index (χ1n) is 22.1. The highest BCUT2D eigenvalue weighted by atomic mass is 16.8. The molecule has 0 aromatic heterocycles. The molecule has 6 heterocycles. The van der Waals surface area contributed by atoms with E-state index in [0.717, 1.165) is 6.92 Å². The standard InChI is InChI=1S/C38H65NO31/c1-8(43)39-15-22(50)16(44)9(2-40)64-34(15)60-7-14-21(49)32(70-38-28(56)24(52)18(46)11(4-42)66-38)30(58)36(68-14)62-5-12-19(47)25(53)26(54)35(67-12)61-6-13-20(48)31(29(57)33(59)63-13)69-37-27(55)23(51)17(45)10(3-41)65-37/h9-38,40-42,44-59H,2-7H2,1H3,(H,39,43)/t9-,10-,11-,12-,13-,14-,15-,16-,17-,18-,19-,20-,21-,22-,23+,24+,25+,26-,27-,28-,29-,30-,31+,32+,33?,34-,35-,36-,37+,38+/m1/s1. The molecule has 32 nitrogen and oxygen atoms in total. The number of hydrogen-bond acceptors (Lipinski definition) is 31. The van der Waals surface area contributed by atoms with Crippen LogP contribution in [0, 0.1) is 0 Å². The quantitative estimate of drug-likeness (QED) is 0.0643. The van der Waals surface area contributed by atoms with Gasteiger partial charge in [-0.05, 0) is 0 Å². The summed E-state index contributed by atoms with van der Waals surface area (Å²) in [5.74, 6) is -0.709. The van der Waals surface area contributed by atoms with Crippen molar-refractivity contribution in [3.8, 4) is 0 Å². The normalized spacial score (nSPS) is 51.5. The first-order chi connectivity index (χ1) is 33.0. The average molecular weight is 1030 g/mol. The maximum atomic E-state index is 12.0. The molecular formula is C38H65NO31. The van der Waals surface area contributed by atoms with E-state index in [1.807, 2.05) is 0 Å². The molecule has 0 radical (unpaired) electrons. The second-order valence-electron chi connectivity index (χ2n) is 17.6. The van der Waals surface area contributed by atoms with Crippen LogP contribution in [0.1, 0.15) is 6.92 Å². The molecule has 6 saturated heterocycles. The summed E-state index contributed by atoms with van der Waals surface area (Å²) in [6.07, 6.45) is -54.2. The molecule has 6 rings (SSSR count). The van der Waals surface area contributed by atoms with Crippen LogP contribution in [0.2, 0.25) is 0 Å². The van der Waals surface area contributed by atoms with Gasteiger partial charge in [-0.1, -0.05) is 0 Å². The minimum atomic E-state index is -2.12. The van der Waals surface area contributed by atoms with Gasteiger partial charge in [-0.15, -0.1) is 0 Å². The van der Waals surface area contributed by atoms with Crippen molar-refractivity contribution in [2.24, 2.45) is 0 Å². The Kier molecular flexibility index (Phi) is 20.3. The Morgan fingerprint density at radius 2 is 0.700 bits per heavy atom. The minimum absolute atomic E-state index is 0.709. The third kappa shape index (κ3) is 12.3. The van der Waals surface area contributed by atoms with E-state index in [1.54, 1.807) is 0 Å². The molecule has 1 amide bonds. The molecule has 0 spiro atoms. The van der Waals surface area contributed by atoms with Crippen molar-refractivity contribution in [1.29, 1.82) is 0 Å². The highest BCUT2D eigenvalue weighted by Gasteiger charge is 2.55. The van der Waals surface area contributed by atoms with Gasteiger partial charge in [0, 0.05) is 6.92 Å². The molecule has 408 valence electrons. The number of ether oxygens (including phenoxy) is 11. The molecule has 0 saturated carbocycles. The molecule has 0 bridgehead atoms. The first kappa shape index (κ1) is 57.5. The summed E-state index contributed by atoms with van der Waals surface area (Å²) in [5.41, 5.74) is 0. The number of rotatable bonds is 17. The Hall–Kier alpha value is -1.73. The van der Waals surface area contributed by atoms with Crippen LogP contribution < -0.4 is 5.32 Å². The van der Waals surface area contributed by atoms with Gasteiger partial charge in [0.15, 0.2) is 37.7 Å². The number of amides is 1. The Labute approximate surface area is 395 Å². The van der Waals surface area contributed by atoms with Gasteiger partial charge >= 0.3 is 0 Å². The summed E-state index contributed by atoms with van der Waals surface area (Å²) in [4.78, 5) is 12.0. The minimum Gasteiger partial charge on any atom is -0.394 e. The van der Waals surface area contributed by atoms with Crippen molar-refractivity contribution in [2.45, 2.75) is 191 Å². The van der Waals surface area contributed by atoms with Crippen LogP contribution in [0.5, 0.6) is 0 Å². The fourth-order valence-corrected chi connectivity index (χ4v) is 8.60. The SMILES string of the molecule is CC(=O)N[C@H]1[C@H](OC[C@H]2O[C@@H](OC[C@H]3O[C@@H](OC[C@H]4OC(O)[C@H](O)[C@@H](O[C@@H]5O[C@H](CO)[C@@H](O)[C@H](O)[C@H]5O)[C@@H]4O)[C@H](O)[C@@H](O)[C@@H]3O)[C@H](O)[C@@H](O[C@@H]3O[C@H](CO)[C@@H](O)[C@H](O)[C@H]3O)[C@@H]2O)O[C@H](CO)[C@@H](O)[C@@H]1O. The summed E-state index contributed by atoms with van der Waals surface area (Å²) >= 11 is 0. The van der Waals surface area contributed by atoms with E-state index in [-0.39, 0.29) is 0 Å². The maximum absolute atomic E-state index is 12.0. The van der Waals surface area contributed by atoms with E-state index in [9.17, 15) is 102 Å². The Bertz CT molecular complexity index is 1630. The molecular weight excluding hydrogens is 966 g/mol. The van der Waals surface area contributed by atoms with Gasteiger partial charge in [0.05, 0.1) is 39.6 Å². The van der Waals surface area contributed by atoms with Gasteiger partial charge in [0.2, 0.25) is 5.91 Å². The summed E-state index contributed by atoms with van der Waals surface area (Å²) in [7, 11) is 0. The van der Waals surface area contributed by atoms with Crippen molar-refractivity contribution in [1.82, 2.24) is 5.32 Å². The fraction of sp³-hybridized carbons (Fsp3) is 0.974. The lowest BCUT2D eigenvalue weighted by atomic mass is 9.96. The van der Waals surface area contributed by atoms with E-state index in [1.165, 1.54) is 0 Å². The highest BCUT2D eigenvalue weighted by Crippen LogP contribution is 2.34. The number of aliphatic hydroxyl groups is 19. The highest BCUT2D eigenvalue weighted by molar-refractivity contribution is 5.73. The lowest BCUT2D eigenvalue weighted by Crippen LogP contribution is -2.66. The van der Waals surface area contributed by atoms with E-state index < -0.39 is 230 Å². The van der Waals surface area contributed by atoms with Gasteiger partial charge in [-0.25, -0.2) is 0 Å². The average Bonchev–Trinajstić information content (AvgIpc) is 3.33. The lowest BCUT2D eigenvalue weighted by Gasteiger charge is -2.47. The zero-order valence-corrected chi connectivity index (χ0v) is 37.0.